The summed E-state index contributed by atoms with van der Waals surface area (Å²) in [5, 5.41) is 5.35. The lowest BCUT2D eigenvalue weighted by Gasteiger charge is -2.11. The van der Waals surface area contributed by atoms with Gasteiger partial charge in [-0.15, -0.1) is 11.3 Å². The number of methoxy groups -OCH3 is 1. The third kappa shape index (κ3) is 6.83. The van der Waals surface area contributed by atoms with Crippen LogP contribution in [0, 0.1) is 0 Å². The molecule has 3 aromatic carbocycles. The van der Waals surface area contributed by atoms with Crippen LogP contribution in [-0.2, 0) is 4.79 Å². The third-order valence-electron chi connectivity index (χ3n) is 5.64. The molecule has 0 atom stereocenters. The van der Waals surface area contributed by atoms with Gasteiger partial charge < -0.3 is 9.47 Å². The van der Waals surface area contributed by atoms with E-state index >= 15 is 0 Å². The molecule has 0 radical (unpaired) electrons. The van der Waals surface area contributed by atoms with Crippen LogP contribution < -0.4 is 14.8 Å². The molecule has 1 heterocycles. The number of nitrogens with one attached hydrogen (secondary N) is 1. The fourth-order valence-electron chi connectivity index (χ4n) is 3.69. The molecule has 4 aromatic rings. The quantitative estimate of drug-likeness (QED) is 0.170. The second-order valence-electron chi connectivity index (χ2n) is 8.27. The summed E-state index contributed by atoms with van der Waals surface area (Å²) in [5.74, 6) is 1.12. The van der Waals surface area contributed by atoms with Crippen molar-refractivity contribution in [3.8, 4) is 33.9 Å². The molecule has 0 saturated heterocycles. The number of thiazole rings is 1. The van der Waals surface area contributed by atoms with Crippen molar-refractivity contribution in [1.82, 2.24) is 4.98 Å². The van der Waals surface area contributed by atoms with Crippen molar-refractivity contribution in [1.29, 1.82) is 0 Å². The Labute approximate surface area is 216 Å². The molecule has 0 fully saturated rings. The number of anilines is 1. The Morgan fingerprint density at radius 3 is 2.44 bits per heavy atom. The summed E-state index contributed by atoms with van der Waals surface area (Å²) < 4.78 is 11.3. The monoisotopic (exact) mass is 498 g/mol. The first-order valence-electron chi connectivity index (χ1n) is 12.1. The highest BCUT2D eigenvalue weighted by Crippen LogP contribution is 2.30. The standard InChI is InChI=1S/C30H30N2O3S/c1-3-4-8-19-35-27-17-11-22(20-28(27)34-2)12-18-29(33)32-30-31-26(21-36-30)25-15-13-24(14-16-25)23-9-6-5-7-10-23/h5-7,9-18,20-21H,3-4,8,19H2,1-2H3,(H,31,32,33). The number of aromatic nitrogens is 1. The molecule has 0 saturated carbocycles. The van der Waals surface area contributed by atoms with Gasteiger partial charge >= 0.3 is 0 Å². The molecular formula is C30H30N2O3S. The molecular weight excluding hydrogens is 468 g/mol. The van der Waals surface area contributed by atoms with E-state index in [4.69, 9.17) is 9.47 Å². The van der Waals surface area contributed by atoms with Crippen LogP contribution in [0.25, 0.3) is 28.5 Å². The van der Waals surface area contributed by atoms with Gasteiger partial charge in [0.15, 0.2) is 16.6 Å². The SMILES string of the molecule is CCCCCOc1ccc(C=CC(=O)Nc2nc(-c3ccc(-c4ccccc4)cc3)cs2)cc1OC. The maximum Gasteiger partial charge on any atom is 0.250 e. The van der Waals surface area contributed by atoms with Gasteiger partial charge in [0.05, 0.1) is 19.4 Å². The highest BCUT2D eigenvalue weighted by molar-refractivity contribution is 7.14. The van der Waals surface area contributed by atoms with Crippen molar-refractivity contribution >= 4 is 28.5 Å². The van der Waals surface area contributed by atoms with Crippen LogP contribution in [-0.4, -0.2) is 24.6 Å². The Bertz CT molecular complexity index is 1300. The van der Waals surface area contributed by atoms with Crippen LogP contribution in [0.1, 0.15) is 31.7 Å². The predicted octanol–water partition coefficient (Wildman–Crippen LogP) is 7.71. The molecule has 0 unspecified atom stereocenters. The molecule has 0 bridgehead atoms. The van der Waals surface area contributed by atoms with Crippen LogP contribution in [0.2, 0.25) is 0 Å². The highest BCUT2D eigenvalue weighted by atomic mass is 32.1. The van der Waals surface area contributed by atoms with Gasteiger partial charge in [-0.25, -0.2) is 4.98 Å². The minimum atomic E-state index is -0.241. The number of rotatable bonds is 11. The van der Waals surface area contributed by atoms with E-state index < -0.39 is 0 Å². The van der Waals surface area contributed by atoms with Crippen LogP contribution >= 0.6 is 11.3 Å². The molecule has 1 N–H and O–H groups in total. The fraction of sp³-hybridized carbons (Fsp3) is 0.200. The van der Waals surface area contributed by atoms with Gasteiger partial charge in [-0.3, -0.25) is 10.1 Å². The van der Waals surface area contributed by atoms with Gasteiger partial charge in [0.25, 0.3) is 0 Å². The smallest absolute Gasteiger partial charge is 0.250 e. The largest absolute Gasteiger partial charge is 0.493 e. The third-order valence-corrected chi connectivity index (χ3v) is 6.40. The van der Waals surface area contributed by atoms with Gasteiger partial charge in [0.2, 0.25) is 5.91 Å². The maximum absolute atomic E-state index is 12.5. The van der Waals surface area contributed by atoms with Crippen LogP contribution in [0.15, 0.2) is 84.3 Å². The molecule has 0 aliphatic rings. The molecule has 5 nitrogen and oxygen atoms in total. The topological polar surface area (TPSA) is 60.5 Å². The van der Waals surface area contributed by atoms with E-state index in [0.29, 0.717) is 23.2 Å². The Morgan fingerprint density at radius 2 is 1.69 bits per heavy atom. The summed E-state index contributed by atoms with van der Waals surface area (Å²) in [6, 6.07) is 24.2. The summed E-state index contributed by atoms with van der Waals surface area (Å²) in [7, 11) is 1.61. The van der Waals surface area contributed by atoms with E-state index in [-0.39, 0.29) is 5.91 Å². The first-order valence-corrected chi connectivity index (χ1v) is 13.0. The molecule has 4 rings (SSSR count). The van der Waals surface area contributed by atoms with Gasteiger partial charge in [-0.05, 0) is 41.3 Å². The number of carbonyl (C=O) groups is 1. The summed E-state index contributed by atoms with van der Waals surface area (Å²) in [5.41, 5.74) is 5.01. The average Bonchev–Trinajstić information content (AvgIpc) is 3.39. The highest BCUT2D eigenvalue weighted by Gasteiger charge is 2.08. The summed E-state index contributed by atoms with van der Waals surface area (Å²) >= 11 is 1.40. The minimum Gasteiger partial charge on any atom is -0.493 e. The summed E-state index contributed by atoms with van der Waals surface area (Å²) in [6.07, 6.45) is 6.54. The Hall–Kier alpha value is -3.90. The van der Waals surface area contributed by atoms with Gasteiger partial charge in [-0.1, -0.05) is 80.4 Å². The summed E-state index contributed by atoms with van der Waals surface area (Å²) in [6.45, 7) is 2.82. The number of benzene rings is 3. The molecule has 36 heavy (non-hydrogen) atoms. The number of ether oxygens (including phenoxy) is 2. The van der Waals surface area contributed by atoms with Gasteiger partial charge in [0, 0.05) is 17.0 Å². The normalized spacial score (nSPS) is 10.9. The minimum absolute atomic E-state index is 0.241. The van der Waals surface area contributed by atoms with Gasteiger partial charge in [0.1, 0.15) is 0 Å². The zero-order valence-electron chi connectivity index (χ0n) is 20.6. The molecule has 184 valence electrons. The van der Waals surface area contributed by atoms with Crippen molar-refractivity contribution in [3.63, 3.8) is 0 Å². The Morgan fingerprint density at radius 1 is 0.944 bits per heavy atom. The van der Waals surface area contributed by atoms with Crippen molar-refractivity contribution in [2.75, 3.05) is 19.0 Å². The number of carbonyl (C=O) groups excluding carboxylic acids is 1. The molecule has 0 aliphatic carbocycles. The number of nitrogens with zero attached hydrogens (tertiary/aromatic N) is 1. The van der Waals surface area contributed by atoms with E-state index in [2.05, 4.69) is 41.5 Å². The van der Waals surface area contributed by atoms with Crippen molar-refractivity contribution in [3.05, 3.63) is 89.8 Å². The number of amides is 1. The Balaban J connectivity index is 1.35. The zero-order chi connectivity index (χ0) is 25.2. The summed E-state index contributed by atoms with van der Waals surface area (Å²) in [4.78, 5) is 17.0. The average molecular weight is 499 g/mol. The Kier molecular flexibility index (Phi) is 8.89. The number of hydrogen-bond acceptors (Lipinski definition) is 5. The van der Waals surface area contributed by atoms with E-state index in [1.54, 1.807) is 13.2 Å². The molecule has 0 aliphatic heterocycles. The van der Waals surface area contributed by atoms with Crippen LogP contribution in [0.5, 0.6) is 11.5 Å². The second kappa shape index (κ2) is 12.7. The molecule has 1 amide bonds. The van der Waals surface area contributed by atoms with Crippen molar-refractivity contribution in [2.45, 2.75) is 26.2 Å². The molecule has 6 heteroatoms. The lowest BCUT2D eigenvalue weighted by Crippen LogP contribution is -2.07. The number of unbranched alkanes of at least 4 members (excludes halogenated alkanes) is 2. The first-order chi connectivity index (χ1) is 17.7. The number of hydrogen-bond donors (Lipinski definition) is 1. The van der Waals surface area contributed by atoms with E-state index in [0.717, 1.165) is 41.6 Å². The molecule has 1 aromatic heterocycles. The second-order valence-corrected chi connectivity index (χ2v) is 9.13. The first kappa shape index (κ1) is 25.2. The zero-order valence-corrected chi connectivity index (χ0v) is 21.4. The lowest BCUT2D eigenvalue weighted by molar-refractivity contribution is -0.111. The van der Waals surface area contributed by atoms with Crippen molar-refractivity contribution in [2.24, 2.45) is 0 Å². The lowest BCUT2D eigenvalue weighted by atomic mass is 10.0. The van der Waals surface area contributed by atoms with E-state index in [9.17, 15) is 4.79 Å². The van der Waals surface area contributed by atoms with Crippen LogP contribution in [0.4, 0.5) is 5.13 Å². The predicted molar refractivity (Wildman–Crippen MR) is 149 cm³/mol. The van der Waals surface area contributed by atoms with E-state index in [1.807, 2.05) is 53.9 Å². The van der Waals surface area contributed by atoms with E-state index in [1.165, 1.54) is 23.0 Å². The van der Waals surface area contributed by atoms with Crippen LogP contribution in [0.3, 0.4) is 0 Å². The fourth-order valence-corrected chi connectivity index (χ4v) is 4.41. The van der Waals surface area contributed by atoms with Crippen molar-refractivity contribution < 1.29 is 14.3 Å². The van der Waals surface area contributed by atoms with Gasteiger partial charge in [-0.2, -0.15) is 0 Å². The molecule has 0 spiro atoms. The maximum atomic E-state index is 12.5.